The first-order chi connectivity index (χ1) is 13.5. The second kappa shape index (κ2) is 6.07. The number of anilines is 3. The number of carbonyl (C=O) groups is 2. The lowest BCUT2D eigenvalue weighted by Gasteiger charge is -2.39. The maximum absolute atomic E-state index is 13.1. The zero-order chi connectivity index (χ0) is 19.5. The molecule has 0 unspecified atom stereocenters. The van der Waals surface area contributed by atoms with E-state index in [0.717, 1.165) is 19.3 Å². The fourth-order valence-corrected chi connectivity index (χ4v) is 4.06. The standard InChI is InChI=1S/C19H18ClN5O3/c20-12-9-13(18(28)25-15(12)17(27)24-19(25)5-1-6-19)23-14-8-11(4-7-21-14)22-16(26)10-2-3-10/h4,7-10H,1-3,5-6H2,(H,24,27)(H2,21,22,23,26). The maximum atomic E-state index is 13.1. The van der Waals surface area contributed by atoms with Gasteiger partial charge in [-0.05, 0) is 44.2 Å². The molecule has 0 radical (unpaired) electrons. The molecule has 8 nitrogen and oxygen atoms in total. The van der Waals surface area contributed by atoms with Crippen LogP contribution in [0.2, 0.25) is 5.02 Å². The van der Waals surface area contributed by atoms with Crippen LogP contribution < -0.4 is 21.5 Å². The molecule has 2 aliphatic carbocycles. The van der Waals surface area contributed by atoms with Gasteiger partial charge in [0.1, 0.15) is 22.9 Å². The molecule has 2 aromatic rings. The minimum Gasteiger partial charge on any atom is -0.336 e. The number of nitrogens with zero attached hydrogens (tertiary/aromatic N) is 2. The van der Waals surface area contributed by atoms with Crippen LogP contribution in [0.5, 0.6) is 0 Å². The summed E-state index contributed by atoms with van der Waals surface area (Å²) in [5, 5.41) is 8.95. The van der Waals surface area contributed by atoms with Crippen LogP contribution in [0.4, 0.5) is 17.2 Å². The fraction of sp³-hybridized carbons (Fsp3) is 0.368. The number of fused-ring (bicyclic) bond motifs is 2. The molecule has 3 N–H and O–H groups in total. The lowest BCUT2D eigenvalue weighted by Crippen LogP contribution is -2.52. The molecule has 0 bridgehead atoms. The third-order valence-corrected chi connectivity index (χ3v) is 5.85. The zero-order valence-electron chi connectivity index (χ0n) is 14.9. The number of nitrogens with one attached hydrogen (secondary N) is 3. The van der Waals surface area contributed by atoms with Crippen LogP contribution >= 0.6 is 11.6 Å². The van der Waals surface area contributed by atoms with Gasteiger partial charge in [0, 0.05) is 23.9 Å². The summed E-state index contributed by atoms with van der Waals surface area (Å²) in [6.45, 7) is 0. The van der Waals surface area contributed by atoms with E-state index in [1.165, 1.54) is 10.6 Å². The van der Waals surface area contributed by atoms with E-state index in [1.807, 2.05) is 0 Å². The molecule has 28 heavy (non-hydrogen) atoms. The topological polar surface area (TPSA) is 105 Å². The van der Waals surface area contributed by atoms with Gasteiger partial charge in [-0.25, -0.2) is 4.98 Å². The van der Waals surface area contributed by atoms with Crippen molar-refractivity contribution in [1.82, 2.24) is 14.9 Å². The lowest BCUT2D eigenvalue weighted by molar-refractivity contribution is -0.117. The van der Waals surface area contributed by atoms with Crippen molar-refractivity contribution < 1.29 is 9.59 Å². The molecule has 0 saturated heterocycles. The second-order valence-electron chi connectivity index (χ2n) is 7.55. The summed E-state index contributed by atoms with van der Waals surface area (Å²) in [5.74, 6) is 0.168. The molecule has 1 spiro atoms. The monoisotopic (exact) mass is 399 g/mol. The summed E-state index contributed by atoms with van der Waals surface area (Å²) < 4.78 is 1.47. The Kier molecular flexibility index (Phi) is 3.74. The van der Waals surface area contributed by atoms with Crippen molar-refractivity contribution in [2.75, 3.05) is 10.6 Å². The molecular weight excluding hydrogens is 382 g/mol. The van der Waals surface area contributed by atoms with Crippen LogP contribution in [0.25, 0.3) is 0 Å². The lowest BCUT2D eigenvalue weighted by atomic mass is 9.85. The Hall–Kier alpha value is -2.87. The minimum absolute atomic E-state index is 0.00527. The summed E-state index contributed by atoms with van der Waals surface area (Å²) in [6.07, 6.45) is 5.72. The molecule has 2 fully saturated rings. The number of hydrogen-bond donors (Lipinski definition) is 3. The molecule has 0 atom stereocenters. The molecule has 2 amide bonds. The molecular formula is C19H18ClN5O3. The van der Waals surface area contributed by atoms with E-state index in [-0.39, 0.29) is 39.7 Å². The van der Waals surface area contributed by atoms with Crippen molar-refractivity contribution in [2.24, 2.45) is 5.92 Å². The van der Waals surface area contributed by atoms with Crippen molar-refractivity contribution in [2.45, 2.75) is 37.8 Å². The predicted octanol–water partition coefficient (Wildman–Crippen LogP) is 2.57. The van der Waals surface area contributed by atoms with E-state index in [2.05, 4.69) is 20.9 Å². The summed E-state index contributed by atoms with van der Waals surface area (Å²) in [7, 11) is 0. The first kappa shape index (κ1) is 17.2. The van der Waals surface area contributed by atoms with E-state index in [4.69, 9.17) is 11.6 Å². The quantitative estimate of drug-likeness (QED) is 0.732. The van der Waals surface area contributed by atoms with Crippen LogP contribution in [0.3, 0.4) is 0 Å². The highest BCUT2D eigenvalue weighted by Crippen LogP contribution is 2.42. The number of halogens is 1. The molecule has 2 saturated carbocycles. The maximum Gasteiger partial charge on any atom is 0.276 e. The van der Waals surface area contributed by atoms with E-state index in [9.17, 15) is 14.4 Å². The number of amides is 2. The largest absolute Gasteiger partial charge is 0.336 e. The Bertz CT molecular complexity index is 1070. The van der Waals surface area contributed by atoms with Gasteiger partial charge in [0.25, 0.3) is 11.5 Å². The van der Waals surface area contributed by atoms with Crippen molar-refractivity contribution in [3.05, 3.63) is 45.5 Å². The fourth-order valence-electron chi connectivity index (χ4n) is 3.78. The van der Waals surface area contributed by atoms with Gasteiger partial charge in [-0.3, -0.25) is 19.0 Å². The Morgan fingerprint density at radius 1 is 1.29 bits per heavy atom. The molecule has 0 aromatic carbocycles. The van der Waals surface area contributed by atoms with Crippen molar-refractivity contribution >= 4 is 40.6 Å². The van der Waals surface area contributed by atoms with Crippen molar-refractivity contribution in [3.63, 3.8) is 0 Å². The normalized spacial score (nSPS) is 19.0. The average Bonchev–Trinajstić information content (AvgIpc) is 3.42. The first-order valence-corrected chi connectivity index (χ1v) is 9.67. The predicted molar refractivity (Wildman–Crippen MR) is 104 cm³/mol. The van der Waals surface area contributed by atoms with Crippen molar-refractivity contribution in [1.29, 1.82) is 0 Å². The van der Waals surface area contributed by atoms with E-state index < -0.39 is 5.66 Å². The highest BCUT2D eigenvalue weighted by Gasteiger charge is 2.49. The highest BCUT2D eigenvalue weighted by molar-refractivity contribution is 6.34. The summed E-state index contributed by atoms with van der Waals surface area (Å²) >= 11 is 6.32. The average molecular weight is 400 g/mol. The molecule has 2 aromatic heterocycles. The van der Waals surface area contributed by atoms with Gasteiger partial charge >= 0.3 is 0 Å². The second-order valence-corrected chi connectivity index (χ2v) is 7.96. The third kappa shape index (κ3) is 2.67. The van der Waals surface area contributed by atoms with Gasteiger partial charge < -0.3 is 16.0 Å². The van der Waals surface area contributed by atoms with E-state index in [0.29, 0.717) is 24.3 Å². The minimum atomic E-state index is -0.668. The summed E-state index contributed by atoms with van der Waals surface area (Å²) in [6, 6.07) is 4.80. The van der Waals surface area contributed by atoms with Gasteiger partial charge in [-0.2, -0.15) is 0 Å². The summed E-state index contributed by atoms with van der Waals surface area (Å²) in [5.41, 5.74) is 0.0454. The number of hydrogen-bond acceptors (Lipinski definition) is 5. The Labute approximate surface area is 165 Å². The Morgan fingerprint density at radius 3 is 2.75 bits per heavy atom. The van der Waals surface area contributed by atoms with Crippen LogP contribution in [0.1, 0.15) is 42.6 Å². The van der Waals surface area contributed by atoms with E-state index >= 15 is 0 Å². The molecule has 9 heteroatoms. The highest BCUT2D eigenvalue weighted by atomic mass is 35.5. The Balaban J connectivity index is 1.47. The number of carbonyl (C=O) groups excluding carboxylic acids is 2. The van der Waals surface area contributed by atoms with Gasteiger partial charge in [0.05, 0.1) is 5.02 Å². The molecule has 3 aliphatic rings. The van der Waals surface area contributed by atoms with Crippen molar-refractivity contribution in [3.8, 4) is 0 Å². The molecule has 1 aliphatic heterocycles. The van der Waals surface area contributed by atoms with Crippen LogP contribution in [-0.4, -0.2) is 21.4 Å². The number of aromatic nitrogens is 2. The molecule has 5 rings (SSSR count). The van der Waals surface area contributed by atoms with Gasteiger partial charge in [0.15, 0.2) is 0 Å². The molecule has 3 heterocycles. The van der Waals surface area contributed by atoms with Crippen LogP contribution in [0, 0.1) is 5.92 Å². The van der Waals surface area contributed by atoms with Gasteiger partial charge in [0.2, 0.25) is 5.91 Å². The van der Waals surface area contributed by atoms with Crippen LogP contribution in [-0.2, 0) is 10.5 Å². The first-order valence-electron chi connectivity index (χ1n) is 9.29. The smallest absolute Gasteiger partial charge is 0.276 e. The Morgan fingerprint density at radius 2 is 2.07 bits per heavy atom. The SMILES string of the molecule is O=C1NC2(CCC2)n2c1c(Cl)cc(Nc1cc(NC(=O)C3CC3)ccn1)c2=O. The van der Waals surface area contributed by atoms with E-state index in [1.54, 1.807) is 18.3 Å². The number of pyridine rings is 2. The third-order valence-electron chi connectivity index (χ3n) is 5.56. The zero-order valence-corrected chi connectivity index (χ0v) is 15.7. The number of rotatable bonds is 4. The van der Waals surface area contributed by atoms with Gasteiger partial charge in [-0.1, -0.05) is 11.6 Å². The summed E-state index contributed by atoms with van der Waals surface area (Å²) in [4.78, 5) is 41.5. The van der Waals surface area contributed by atoms with Gasteiger partial charge in [-0.15, -0.1) is 0 Å². The molecule has 144 valence electrons. The van der Waals surface area contributed by atoms with Crippen LogP contribution in [0.15, 0.2) is 29.2 Å².